The van der Waals surface area contributed by atoms with Crippen LogP contribution in [0.4, 0.5) is 0 Å². The largest absolute Gasteiger partial charge is 0.870 e. The maximum atomic E-state index is 2.37. The molecule has 0 aliphatic heterocycles. The van der Waals surface area contributed by atoms with Crippen LogP contribution in [0.5, 0.6) is 0 Å². The van der Waals surface area contributed by atoms with Crippen LogP contribution in [0, 0.1) is 0 Å². The molecule has 0 radical (unpaired) electrons. The highest BCUT2D eigenvalue weighted by Gasteiger charge is 2.25. The van der Waals surface area contributed by atoms with Gasteiger partial charge in [-0.25, -0.2) is 0 Å². The lowest BCUT2D eigenvalue weighted by atomic mass is 10.1. The number of rotatable bonds is 21. The van der Waals surface area contributed by atoms with E-state index in [0.717, 1.165) is 0 Å². The van der Waals surface area contributed by atoms with Crippen LogP contribution in [-0.2, 0) is 0 Å². The van der Waals surface area contributed by atoms with E-state index in [1.165, 1.54) is 140 Å². The smallest absolute Gasteiger partial charge is 0.0786 e. The lowest BCUT2D eigenvalue weighted by Crippen LogP contribution is -2.50. The van der Waals surface area contributed by atoms with Crippen molar-refractivity contribution in [1.29, 1.82) is 0 Å². The number of hydrogen-bond donors (Lipinski definition) is 0. The summed E-state index contributed by atoms with van der Waals surface area (Å²) in [5.41, 5.74) is 0. The van der Waals surface area contributed by atoms with E-state index in [4.69, 9.17) is 0 Å². The van der Waals surface area contributed by atoms with E-state index >= 15 is 0 Å². The van der Waals surface area contributed by atoms with Gasteiger partial charge in [0.1, 0.15) is 0 Å². The van der Waals surface area contributed by atoms with E-state index in [0.29, 0.717) is 0 Å². The normalized spacial score (nSPS) is 11.6. The molecule has 2 heteroatoms. The average molecular weight is 386 g/mol. The molecule has 0 unspecified atom stereocenters. The molecular formula is C25H55NO. The van der Waals surface area contributed by atoms with E-state index in [-0.39, 0.29) is 5.48 Å². The second-order valence-electron chi connectivity index (χ2n) is 8.83. The van der Waals surface area contributed by atoms with Gasteiger partial charge in [-0.2, -0.15) is 0 Å². The van der Waals surface area contributed by atoms with Crippen molar-refractivity contribution in [3.63, 3.8) is 0 Å². The molecule has 0 spiro atoms. The Morgan fingerprint density at radius 3 is 0.889 bits per heavy atom. The Hall–Kier alpha value is -0.0800. The van der Waals surface area contributed by atoms with E-state index in [1.807, 2.05) is 0 Å². The number of unbranched alkanes of at least 4 members (excludes halogenated alkanes) is 13. The Morgan fingerprint density at radius 2 is 0.593 bits per heavy atom. The molecule has 0 rings (SSSR count). The zero-order valence-electron chi connectivity index (χ0n) is 19.7. The molecule has 0 saturated carbocycles. The third-order valence-corrected chi connectivity index (χ3v) is 6.19. The molecule has 0 bridgehead atoms. The van der Waals surface area contributed by atoms with Gasteiger partial charge in [0.25, 0.3) is 0 Å². The minimum atomic E-state index is 0. The number of quaternary nitrogens is 1. The maximum absolute atomic E-state index is 2.37. The first-order valence-corrected chi connectivity index (χ1v) is 12.6. The third-order valence-electron chi connectivity index (χ3n) is 6.19. The summed E-state index contributed by atoms with van der Waals surface area (Å²) >= 11 is 0. The Balaban J connectivity index is 0. The highest BCUT2D eigenvalue weighted by atomic mass is 16.0. The van der Waals surface area contributed by atoms with Crippen molar-refractivity contribution >= 4 is 0 Å². The number of hydrogen-bond acceptors (Lipinski definition) is 1. The Bertz CT molecular complexity index is 231. The van der Waals surface area contributed by atoms with Gasteiger partial charge in [0.05, 0.1) is 26.2 Å². The first kappa shape index (κ1) is 29.1. The predicted octanol–water partition coefficient (Wildman–Crippen LogP) is 8.34. The molecule has 0 fully saturated rings. The van der Waals surface area contributed by atoms with Crippen LogP contribution < -0.4 is 0 Å². The van der Waals surface area contributed by atoms with Gasteiger partial charge < -0.3 is 9.96 Å². The molecule has 27 heavy (non-hydrogen) atoms. The highest BCUT2D eigenvalue weighted by molar-refractivity contribution is 4.53. The van der Waals surface area contributed by atoms with Gasteiger partial charge in [-0.1, -0.05) is 91.9 Å². The first-order chi connectivity index (χ1) is 12.7. The van der Waals surface area contributed by atoms with Gasteiger partial charge in [0.2, 0.25) is 0 Å². The molecule has 0 aromatic rings. The molecule has 0 saturated heterocycles. The van der Waals surface area contributed by atoms with Gasteiger partial charge in [-0.05, 0) is 44.9 Å². The minimum Gasteiger partial charge on any atom is -0.870 e. The minimum absolute atomic E-state index is 0. The van der Waals surface area contributed by atoms with E-state index in [9.17, 15) is 0 Å². The molecule has 1 N–H and O–H groups in total. The van der Waals surface area contributed by atoms with Crippen molar-refractivity contribution in [3.8, 4) is 0 Å². The molecule has 0 amide bonds. The van der Waals surface area contributed by atoms with Gasteiger partial charge >= 0.3 is 0 Å². The van der Waals surface area contributed by atoms with Crippen LogP contribution in [-0.4, -0.2) is 36.1 Å². The molecular weight excluding hydrogens is 330 g/mol. The van der Waals surface area contributed by atoms with Crippen molar-refractivity contribution in [2.45, 2.75) is 137 Å². The Kier molecular flexibility index (Phi) is 24.0. The molecule has 0 aliphatic rings. The van der Waals surface area contributed by atoms with Crippen LogP contribution in [0.2, 0.25) is 0 Å². The predicted molar refractivity (Wildman–Crippen MR) is 123 cm³/mol. The topological polar surface area (TPSA) is 30.0 Å². The van der Waals surface area contributed by atoms with Crippen LogP contribution in [0.25, 0.3) is 0 Å². The fraction of sp³-hybridized carbons (Fsp3) is 1.00. The molecule has 0 atom stereocenters. The standard InChI is InChI=1S/C25H54N.H2O/c1-5-9-13-16-19-23-26(22-12-8-4,24-20-17-14-10-6-2)25-21-18-15-11-7-3;/h5-25H2,1-4H3;1H2/q+1;/p-1. The Labute approximate surface area is 173 Å². The zero-order valence-corrected chi connectivity index (χ0v) is 19.7. The second kappa shape index (κ2) is 22.2. The molecule has 0 aromatic carbocycles. The van der Waals surface area contributed by atoms with Crippen molar-refractivity contribution in [2.24, 2.45) is 0 Å². The van der Waals surface area contributed by atoms with Crippen molar-refractivity contribution in [1.82, 2.24) is 0 Å². The lowest BCUT2D eigenvalue weighted by molar-refractivity contribution is -0.929. The highest BCUT2D eigenvalue weighted by Crippen LogP contribution is 2.19. The van der Waals surface area contributed by atoms with Crippen molar-refractivity contribution in [3.05, 3.63) is 0 Å². The first-order valence-electron chi connectivity index (χ1n) is 12.6. The van der Waals surface area contributed by atoms with Crippen molar-refractivity contribution < 1.29 is 9.96 Å². The van der Waals surface area contributed by atoms with Gasteiger partial charge in [0, 0.05) is 0 Å². The monoisotopic (exact) mass is 385 g/mol. The van der Waals surface area contributed by atoms with Crippen LogP contribution in [0.15, 0.2) is 0 Å². The summed E-state index contributed by atoms with van der Waals surface area (Å²) in [5.74, 6) is 0. The van der Waals surface area contributed by atoms with Crippen LogP contribution >= 0.6 is 0 Å². The summed E-state index contributed by atoms with van der Waals surface area (Å²) in [5, 5.41) is 0. The molecule has 166 valence electrons. The van der Waals surface area contributed by atoms with Gasteiger partial charge in [-0.15, -0.1) is 0 Å². The summed E-state index contributed by atoms with van der Waals surface area (Å²) in [6.45, 7) is 15.2. The summed E-state index contributed by atoms with van der Waals surface area (Å²) in [6.07, 6.45) is 24.3. The van der Waals surface area contributed by atoms with Gasteiger partial charge in [0.15, 0.2) is 0 Å². The van der Waals surface area contributed by atoms with E-state index < -0.39 is 0 Å². The fourth-order valence-corrected chi connectivity index (χ4v) is 4.32. The molecule has 2 nitrogen and oxygen atoms in total. The fourth-order valence-electron chi connectivity index (χ4n) is 4.32. The average Bonchev–Trinajstić information content (AvgIpc) is 2.65. The zero-order chi connectivity index (χ0) is 19.3. The molecule has 0 heterocycles. The van der Waals surface area contributed by atoms with Crippen molar-refractivity contribution in [2.75, 3.05) is 26.2 Å². The van der Waals surface area contributed by atoms with E-state index in [2.05, 4.69) is 27.7 Å². The summed E-state index contributed by atoms with van der Waals surface area (Å²) in [4.78, 5) is 0. The molecule has 0 aliphatic carbocycles. The SMILES string of the molecule is CCCCCCC[N+](CCCC)(CCCCCCC)CCCCCCC.[OH-]. The quantitative estimate of drug-likeness (QED) is 0.144. The summed E-state index contributed by atoms with van der Waals surface area (Å²) in [7, 11) is 0. The maximum Gasteiger partial charge on any atom is 0.0786 e. The number of nitrogens with zero attached hydrogens (tertiary/aromatic N) is 1. The third kappa shape index (κ3) is 17.7. The summed E-state index contributed by atoms with van der Waals surface area (Å²) in [6, 6.07) is 0. The lowest BCUT2D eigenvalue weighted by Gasteiger charge is -2.39. The molecule has 0 aromatic heterocycles. The Morgan fingerprint density at radius 1 is 0.333 bits per heavy atom. The summed E-state index contributed by atoms with van der Waals surface area (Å²) < 4.78 is 1.46. The second-order valence-corrected chi connectivity index (χ2v) is 8.83. The van der Waals surface area contributed by atoms with E-state index in [1.54, 1.807) is 0 Å². The van der Waals surface area contributed by atoms with Gasteiger partial charge in [-0.3, -0.25) is 0 Å². The van der Waals surface area contributed by atoms with Crippen LogP contribution in [0.1, 0.15) is 137 Å². The van der Waals surface area contributed by atoms with Crippen LogP contribution in [0.3, 0.4) is 0 Å².